The molecule has 12 aromatic rings. The number of rotatable bonds is 6. The van der Waals surface area contributed by atoms with Crippen molar-refractivity contribution in [1.82, 2.24) is 4.57 Å². The van der Waals surface area contributed by atoms with E-state index in [1.165, 1.54) is 54.5 Å². The van der Waals surface area contributed by atoms with E-state index in [2.05, 4.69) is 228 Å². The smallest absolute Gasteiger partial charge is 0.136 e. The molecule has 0 radical (unpaired) electrons. The minimum absolute atomic E-state index is 0.866. The normalized spacial score (nSPS) is 11.7. The molecule has 0 unspecified atom stereocenters. The van der Waals surface area contributed by atoms with Gasteiger partial charge in [0.05, 0.1) is 11.0 Å². The highest BCUT2D eigenvalue weighted by Gasteiger charge is 2.20. The molecule has 0 spiro atoms. The maximum atomic E-state index is 6.79. The van der Waals surface area contributed by atoms with Gasteiger partial charge in [0.15, 0.2) is 0 Å². The second-order valence-electron chi connectivity index (χ2n) is 15.3. The van der Waals surface area contributed by atoms with Crippen molar-refractivity contribution in [2.75, 3.05) is 4.90 Å². The average Bonchev–Trinajstić information content (AvgIpc) is 3.85. The van der Waals surface area contributed by atoms with Gasteiger partial charge in [0.25, 0.3) is 0 Å². The first-order chi connectivity index (χ1) is 29.2. The third-order valence-corrected chi connectivity index (χ3v) is 11.9. The maximum absolute atomic E-state index is 6.79. The number of para-hydroxylation sites is 2. The summed E-state index contributed by atoms with van der Waals surface area (Å²) >= 11 is 0. The Kier molecular flexibility index (Phi) is 7.54. The van der Waals surface area contributed by atoms with Crippen molar-refractivity contribution in [3.8, 4) is 27.9 Å². The van der Waals surface area contributed by atoms with Crippen LogP contribution in [0.2, 0.25) is 0 Å². The maximum Gasteiger partial charge on any atom is 0.136 e. The lowest BCUT2D eigenvalue weighted by Gasteiger charge is -2.26. The molecule has 3 heteroatoms. The SMILES string of the molecule is c1ccc(-c2ccc(N(c3ccc4ccccc4c3)c3ccc4oc5cc(-c6ccc7c(c6)c6ccccc6n7-c6ccccc6)c6ccccc6c5c4c3)cc2)cc1. The standard InChI is InChI=1S/C56H36N2O/c1-3-13-37(14-4-1)39-23-27-43(28-24-39)57(44-29-25-38-15-7-8-16-40(38)33-44)45-30-32-54-51(35-45)56-48-21-10-9-19-46(48)49(36-55(56)59-54)41-26-31-53-50(34-41)47-20-11-12-22-52(47)58(53)42-17-5-2-6-18-42/h1-36H. The van der Waals surface area contributed by atoms with E-state index in [1.54, 1.807) is 0 Å². The molecule has 3 nitrogen and oxygen atoms in total. The van der Waals surface area contributed by atoms with Crippen LogP contribution in [0.4, 0.5) is 17.1 Å². The van der Waals surface area contributed by atoms with Gasteiger partial charge in [0.1, 0.15) is 11.2 Å². The summed E-state index contributed by atoms with van der Waals surface area (Å²) < 4.78 is 9.15. The predicted octanol–water partition coefficient (Wildman–Crippen LogP) is 15.8. The highest BCUT2D eigenvalue weighted by atomic mass is 16.3. The zero-order chi connectivity index (χ0) is 38.9. The molecule has 2 aromatic heterocycles. The van der Waals surface area contributed by atoms with Crippen LogP contribution in [0, 0.1) is 0 Å². The van der Waals surface area contributed by atoms with Crippen molar-refractivity contribution in [3.05, 3.63) is 218 Å². The molecule has 0 fully saturated rings. The van der Waals surface area contributed by atoms with Crippen molar-refractivity contribution in [3.63, 3.8) is 0 Å². The van der Waals surface area contributed by atoms with Crippen LogP contribution < -0.4 is 4.90 Å². The second kappa shape index (κ2) is 13.4. The minimum atomic E-state index is 0.866. The molecule has 0 saturated carbocycles. The highest BCUT2D eigenvalue weighted by molar-refractivity contribution is 6.23. The van der Waals surface area contributed by atoms with E-state index in [1.807, 2.05) is 0 Å². The van der Waals surface area contributed by atoms with Gasteiger partial charge in [-0.15, -0.1) is 0 Å². The van der Waals surface area contributed by atoms with E-state index in [0.29, 0.717) is 0 Å². The Morgan fingerprint density at radius 2 is 0.949 bits per heavy atom. The Bertz CT molecular complexity index is 3540. The first-order valence-electron chi connectivity index (χ1n) is 20.2. The fraction of sp³-hybridized carbons (Fsp3) is 0. The Balaban J connectivity index is 1.03. The zero-order valence-corrected chi connectivity index (χ0v) is 32.1. The van der Waals surface area contributed by atoms with Gasteiger partial charge in [-0.05, 0) is 123 Å². The van der Waals surface area contributed by atoms with E-state index < -0.39 is 0 Å². The summed E-state index contributed by atoms with van der Waals surface area (Å²) in [4.78, 5) is 2.36. The van der Waals surface area contributed by atoms with Crippen molar-refractivity contribution in [2.45, 2.75) is 0 Å². The molecule has 0 aliphatic rings. The molecule has 0 aliphatic carbocycles. The quantitative estimate of drug-likeness (QED) is 0.169. The fourth-order valence-corrected chi connectivity index (χ4v) is 9.20. The number of hydrogen-bond acceptors (Lipinski definition) is 2. The van der Waals surface area contributed by atoms with E-state index in [-0.39, 0.29) is 0 Å². The molecule has 0 saturated heterocycles. The Morgan fingerprint density at radius 1 is 0.339 bits per heavy atom. The number of aromatic nitrogens is 1. The number of fused-ring (bicyclic) bond motifs is 9. The van der Waals surface area contributed by atoms with Gasteiger partial charge < -0.3 is 13.9 Å². The average molecular weight is 753 g/mol. The van der Waals surface area contributed by atoms with E-state index in [9.17, 15) is 0 Å². The molecule has 0 N–H and O–H groups in total. The lowest BCUT2D eigenvalue weighted by Crippen LogP contribution is -2.09. The number of nitrogens with zero attached hydrogens (tertiary/aromatic N) is 2. The van der Waals surface area contributed by atoms with Crippen LogP contribution in [-0.4, -0.2) is 4.57 Å². The van der Waals surface area contributed by atoms with Crippen LogP contribution >= 0.6 is 0 Å². The number of furan rings is 1. The minimum Gasteiger partial charge on any atom is -0.456 e. The summed E-state index contributed by atoms with van der Waals surface area (Å²) in [6.45, 7) is 0. The summed E-state index contributed by atoms with van der Waals surface area (Å²) in [7, 11) is 0. The van der Waals surface area contributed by atoms with Gasteiger partial charge in [-0.25, -0.2) is 0 Å². The van der Waals surface area contributed by atoms with Crippen molar-refractivity contribution in [1.29, 1.82) is 0 Å². The van der Waals surface area contributed by atoms with Crippen molar-refractivity contribution >= 4 is 82.4 Å². The molecule has 0 atom stereocenters. The first-order valence-corrected chi connectivity index (χ1v) is 20.2. The van der Waals surface area contributed by atoms with Crippen LogP contribution in [0.25, 0.3) is 93.2 Å². The highest BCUT2D eigenvalue weighted by Crippen LogP contribution is 2.45. The van der Waals surface area contributed by atoms with Gasteiger partial charge in [-0.3, -0.25) is 0 Å². The summed E-state index contributed by atoms with van der Waals surface area (Å²) in [5.74, 6) is 0. The van der Waals surface area contributed by atoms with Crippen LogP contribution in [0.15, 0.2) is 223 Å². The van der Waals surface area contributed by atoms with Crippen LogP contribution in [0.5, 0.6) is 0 Å². The number of hydrogen-bond donors (Lipinski definition) is 0. The third-order valence-electron chi connectivity index (χ3n) is 11.9. The van der Waals surface area contributed by atoms with E-state index in [0.717, 1.165) is 55.8 Å². The zero-order valence-electron chi connectivity index (χ0n) is 32.1. The summed E-state index contributed by atoms with van der Waals surface area (Å²) in [6.07, 6.45) is 0. The molecule has 2 heterocycles. The van der Waals surface area contributed by atoms with Crippen LogP contribution in [0.1, 0.15) is 0 Å². The number of benzene rings is 10. The number of anilines is 3. The Labute approximate surface area is 341 Å². The van der Waals surface area contributed by atoms with Gasteiger partial charge in [-0.1, -0.05) is 140 Å². The van der Waals surface area contributed by atoms with Crippen LogP contribution in [0.3, 0.4) is 0 Å². The topological polar surface area (TPSA) is 21.3 Å². The van der Waals surface area contributed by atoms with Crippen LogP contribution in [-0.2, 0) is 0 Å². The molecular formula is C56H36N2O. The monoisotopic (exact) mass is 752 g/mol. The molecule has 59 heavy (non-hydrogen) atoms. The van der Waals surface area contributed by atoms with Gasteiger partial charge in [0.2, 0.25) is 0 Å². The molecule has 10 aromatic carbocycles. The molecule has 0 bridgehead atoms. The largest absolute Gasteiger partial charge is 0.456 e. The molecule has 276 valence electrons. The summed E-state index contributed by atoms with van der Waals surface area (Å²) in [5.41, 5.74) is 13.2. The lowest BCUT2D eigenvalue weighted by molar-refractivity contribution is 0.669. The first kappa shape index (κ1) is 33.3. The second-order valence-corrected chi connectivity index (χ2v) is 15.3. The summed E-state index contributed by atoms with van der Waals surface area (Å²) in [6, 6.07) is 78.6. The molecule has 12 rings (SSSR count). The van der Waals surface area contributed by atoms with Gasteiger partial charge in [0, 0.05) is 44.3 Å². The third kappa shape index (κ3) is 5.44. The van der Waals surface area contributed by atoms with Gasteiger partial charge in [-0.2, -0.15) is 0 Å². The van der Waals surface area contributed by atoms with Gasteiger partial charge >= 0.3 is 0 Å². The Hall–Kier alpha value is -7.88. The van der Waals surface area contributed by atoms with Crippen molar-refractivity contribution in [2.24, 2.45) is 0 Å². The molecule has 0 amide bonds. The fourth-order valence-electron chi connectivity index (χ4n) is 9.20. The summed E-state index contributed by atoms with van der Waals surface area (Å²) in [5, 5.41) is 9.47. The van der Waals surface area contributed by atoms with E-state index in [4.69, 9.17) is 4.42 Å². The lowest BCUT2D eigenvalue weighted by atomic mass is 9.94. The molecular weight excluding hydrogens is 717 g/mol. The Morgan fingerprint density at radius 3 is 1.78 bits per heavy atom. The van der Waals surface area contributed by atoms with E-state index >= 15 is 0 Å². The predicted molar refractivity (Wildman–Crippen MR) is 249 cm³/mol. The molecule has 0 aliphatic heterocycles. The van der Waals surface area contributed by atoms with Crippen molar-refractivity contribution < 1.29 is 4.42 Å².